The van der Waals surface area contributed by atoms with Gasteiger partial charge < -0.3 is 0 Å². The summed E-state index contributed by atoms with van der Waals surface area (Å²) in [7, 11) is 0. The average molecular weight is 205 g/mol. The van der Waals surface area contributed by atoms with Crippen LogP contribution in [0.2, 0.25) is 0 Å². The van der Waals surface area contributed by atoms with Crippen molar-refractivity contribution in [2.75, 3.05) is 0 Å². The second-order valence-electron chi connectivity index (χ2n) is 4.56. The maximum Gasteiger partial charge on any atom is 0.296 e. The molecular formula is C11H11NO3. The summed E-state index contributed by atoms with van der Waals surface area (Å²) >= 11 is 0. The zero-order chi connectivity index (χ0) is 10.7. The predicted molar refractivity (Wildman–Crippen MR) is 52.8 cm³/mol. The van der Waals surface area contributed by atoms with Crippen LogP contribution in [0.15, 0.2) is 24.3 Å². The Bertz CT molecular complexity index is 426. The van der Waals surface area contributed by atoms with Gasteiger partial charge in [0.05, 0.1) is 11.3 Å². The van der Waals surface area contributed by atoms with Gasteiger partial charge in [0.25, 0.3) is 5.54 Å². The third-order valence-corrected chi connectivity index (χ3v) is 4.15. The van der Waals surface area contributed by atoms with Gasteiger partial charge >= 0.3 is 0 Å². The highest BCUT2D eigenvalue weighted by atomic mass is 16.6. The van der Waals surface area contributed by atoms with Gasteiger partial charge in [-0.1, -0.05) is 24.3 Å². The Hall–Kier alpha value is -1.45. The molecule has 0 N–H and O–H groups in total. The van der Waals surface area contributed by atoms with Crippen molar-refractivity contribution < 1.29 is 9.72 Å². The van der Waals surface area contributed by atoms with Gasteiger partial charge in [0.15, 0.2) is 0 Å². The van der Waals surface area contributed by atoms with Gasteiger partial charge in [-0.15, -0.1) is 0 Å². The average Bonchev–Trinajstić information content (AvgIpc) is 2.84. The van der Waals surface area contributed by atoms with E-state index in [-0.39, 0.29) is 16.6 Å². The molecule has 0 heterocycles. The molecule has 3 rings (SSSR count). The molecule has 4 nitrogen and oxygen atoms in total. The molecule has 3 aliphatic carbocycles. The smallest absolute Gasteiger partial charge is 0.292 e. The van der Waals surface area contributed by atoms with Crippen LogP contribution in [0, 0.1) is 21.4 Å². The van der Waals surface area contributed by atoms with Gasteiger partial charge in [-0.25, -0.2) is 0 Å². The lowest BCUT2D eigenvalue weighted by Gasteiger charge is -2.20. The molecule has 0 saturated heterocycles. The highest BCUT2D eigenvalue weighted by Crippen LogP contribution is 2.71. The molecule has 0 radical (unpaired) electrons. The number of hydrogen-bond donors (Lipinski definition) is 0. The van der Waals surface area contributed by atoms with Crippen LogP contribution >= 0.6 is 0 Å². The molecule has 4 heteroatoms. The molecule has 0 aromatic rings. The quantitative estimate of drug-likeness (QED) is 0.481. The van der Waals surface area contributed by atoms with Crippen molar-refractivity contribution in [1.82, 2.24) is 0 Å². The number of carbonyl (C=O) groups is 1. The van der Waals surface area contributed by atoms with Crippen molar-refractivity contribution in [3.63, 3.8) is 0 Å². The summed E-state index contributed by atoms with van der Waals surface area (Å²) in [6.45, 7) is 0. The Morgan fingerprint density at radius 2 is 2.27 bits per heavy atom. The van der Waals surface area contributed by atoms with Crippen molar-refractivity contribution in [1.29, 1.82) is 0 Å². The van der Waals surface area contributed by atoms with Crippen LogP contribution in [-0.2, 0) is 4.79 Å². The number of rotatable bonds is 1. The molecule has 1 spiro atoms. The molecular weight excluding hydrogens is 194 g/mol. The van der Waals surface area contributed by atoms with E-state index in [4.69, 9.17) is 0 Å². The lowest BCUT2D eigenvalue weighted by molar-refractivity contribution is -0.532. The maximum absolute atomic E-state index is 11.9. The summed E-state index contributed by atoms with van der Waals surface area (Å²) in [6.07, 6.45) is 9.26. The maximum atomic E-state index is 11.9. The van der Waals surface area contributed by atoms with Crippen LogP contribution in [0.5, 0.6) is 0 Å². The van der Waals surface area contributed by atoms with Crippen LogP contribution in [-0.4, -0.2) is 16.2 Å². The van der Waals surface area contributed by atoms with Gasteiger partial charge in [0, 0.05) is 11.3 Å². The lowest BCUT2D eigenvalue weighted by Crippen LogP contribution is -2.41. The van der Waals surface area contributed by atoms with Crippen LogP contribution in [0.4, 0.5) is 0 Å². The van der Waals surface area contributed by atoms with E-state index in [9.17, 15) is 14.9 Å². The second-order valence-corrected chi connectivity index (χ2v) is 4.56. The normalized spacial score (nSPS) is 45.9. The van der Waals surface area contributed by atoms with Gasteiger partial charge in [-0.3, -0.25) is 14.9 Å². The number of ketones is 1. The Kier molecular flexibility index (Phi) is 1.40. The minimum absolute atomic E-state index is 0.181. The number of hydrogen-bond acceptors (Lipinski definition) is 3. The van der Waals surface area contributed by atoms with E-state index in [2.05, 4.69) is 0 Å². The predicted octanol–water partition coefficient (Wildman–Crippen LogP) is 1.50. The molecule has 0 aromatic carbocycles. The second kappa shape index (κ2) is 2.38. The van der Waals surface area contributed by atoms with E-state index in [0.717, 1.165) is 12.8 Å². The van der Waals surface area contributed by atoms with Crippen LogP contribution in [0.3, 0.4) is 0 Å². The number of nitrogens with zero attached hydrogens (tertiary/aromatic N) is 1. The molecule has 3 aliphatic rings. The fourth-order valence-corrected chi connectivity index (χ4v) is 3.49. The summed E-state index contributed by atoms with van der Waals surface area (Å²) in [5, 5.41) is 11.2. The number of allylic oxidation sites excluding steroid dienone is 2. The third-order valence-electron chi connectivity index (χ3n) is 4.15. The van der Waals surface area contributed by atoms with E-state index in [1.54, 1.807) is 0 Å². The Morgan fingerprint density at radius 3 is 3.00 bits per heavy atom. The fraction of sp³-hybridized carbons (Fsp3) is 0.545. The monoisotopic (exact) mass is 205 g/mol. The number of fused-ring (bicyclic) bond motifs is 1. The molecule has 3 unspecified atom stereocenters. The molecule has 2 saturated carbocycles. The third kappa shape index (κ3) is 0.704. The van der Waals surface area contributed by atoms with Gasteiger partial charge in [0.1, 0.15) is 0 Å². The Morgan fingerprint density at radius 1 is 1.47 bits per heavy atom. The molecule has 78 valence electrons. The Balaban J connectivity index is 2.17. The SMILES string of the molecule is O=C1CCCC23C=CC=CC2C13[N+](=O)[O-]. The summed E-state index contributed by atoms with van der Waals surface area (Å²) in [5.41, 5.74) is -1.80. The van der Waals surface area contributed by atoms with E-state index in [1.165, 1.54) is 0 Å². The first kappa shape index (κ1) is 8.83. The van der Waals surface area contributed by atoms with Crippen molar-refractivity contribution in [3.8, 4) is 0 Å². The minimum Gasteiger partial charge on any atom is -0.292 e. The standard InChI is InChI=1S/C11H11NO3/c13-9-5-3-7-10-6-2-1-4-8(10)11(9,10)12(14)15/h1-2,4,6,8H,3,5,7H2. The summed E-state index contributed by atoms with van der Waals surface area (Å²) in [6, 6.07) is 0. The minimum atomic E-state index is -1.31. The number of Topliss-reactive ketones (excluding diaryl/α,β-unsaturated/α-hetero) is 1. The molecule has 0 bridgehead atoms. The fourth-order valence-electron chi connectivity index (χ4n) is 3.49. The largest absolute Gasteiger partial charge is 0.296 e. The van der Waals surface area contributed by atoms with Crippen molar-refractivity contribution in [2.45, 2.75) is 24.8 Å². The van der Waals surface area contributed by atoms with Crippen molar-refractivity contribution >= 4 is 5.78 Å². The number of carbonyl (C=O) groups excluding carboxylic acids is 1. The molecule has 0 aliphatic heterocycles. The van der Waals surface area contributed by atoms with E-state index >= 15 is 0 Å². The first-order valence-electron chi connectivity index (χ1n) is 5.20. The highest BCUT2D eigenvalue weighted by molar-refractivity contribution is 5.95. The molecule has 15 heavy (non-hydrogen) atoms. The van der Waals surface area contributed by atoms with Gasteiger partial charge in [-0.05, 0) is 12.8 Å². The van der Waals surface area contributed by atoms with Gasteiger partial charge in [-0.2, -0.15) is 0 Å². The first-order valence-corrected chi connectivity index (χ1v) is 5.20. The number of nitro groups is 1. The summed E-state index contributed by atoms with van der Waals surface area (Å²) < 4.78 is 0. The van der Waals surface area contributed by atoms with Crippen molar-refractivity contribution in [2.24, 2.45) is 11.3 Å². The zero-order valence-electron chi connectivity index (χ0n) is 8.18. The highest BCUT2D eigenvalue weighted by Gasteiger charge is 2.88. The Labute approximate surface area is 86.8 Å². The summed E-state index contributed by atoms with van der Waals surface area (Å²) in [4.78, 5) is 22.7. The molecule has 2 fully saturated rings. The van der Waals surface area contributed by atoms with Gasteiger partial charge in [0.2, 0.25) is 5.78 Å². The zero-order valence-corrected chi connectivity index (χ0v) is 8.18. The van der Waals surface area contributed by atoms with Crippen molar-refractivity contribution in [3.05, 3.63) is 34.4 Å². The van der Waals surface area contributed by atoms with E-state index < -0.39 is 11.0 Å². The summed E-state index contributed by atoms with van der Waals surface area (Å²) in [5.74, 6) is -0.375. The first-order chi connectivity index (χ1) is 7.16. The molecule has 0 aromatic heterocycles. The molecule has 0 amide bonds. The van der Waals surface area contributed by atoms with Crippen LogP contribution < -0.4 is 0 Å². The van der Waals surface area contributed by atoms with Crippen LogP contribution in [0.1, 0.15) is 19.3 Å². The van der Waals surface area contributed by atoms with E-state index in [1.807, 2.05) is 24.3 Å². The topological polar surface area (TPSA) is 60.2 Å². The van der Waals surface area contributed by atoms with E-state index in [0.29, 0.717) is 6.42 Å². The van der Waals surface area contributed by atoms with Crippen LogP contribution in [0.25, 0.3) is 0 Å². The lowest BCUT2D eigenvalue weighted by atomic mass is 9.83. The molecule has 3 atom stereocenters.